The Morgan fingerprint density at radius 1 is 1.00 bits per heavy atom. The van der Waals surface area contributed by atoms with Crippen LogP contribution in [0.4, 0.5) is 0 Å². The summed E-state index contributed by atoms with van der Waals surface area (Å²) < 4.78 is 28.1. The molecule has 204 valence electrons. The van der Waals surface area contributed by atoms with E-state index in [1.807, 2.05) is 0 Å². The maximum Gasteiger partial charge on any atom is 0.379 e. The number of carbonyl (C=O) groups is 2. The van der Waals surface area contributed by atoms with Crippen LogP contribution in [-0.4, -0.2) is 37.8 Å². The summed E-state index contributed by atoms with van der Waals surface area (Å²) in [4.78, 5) is 43.9. The zero-order valence-electron chi connectivity index (χ0n) is 22.0. The fraction of sp³-hybridized carbons (Fsp3) is 0.172. The van der Waals surface area contributed by atoms with Gasteiger partial charge in [-0.3, -0.25) is 9.36 Å². The van der Waals surface area contributed by atoms with E-state index in [9.17, 15) is 14.4 Å². The predicted octanol–water partition coefficient (Wildman–Crippen LogP) is 3.24. The van der Waals surface area contributed by atoms with Crippen LogP contribution in [0.15, 0.2) is 86.3 Å². The predicted molar refractivity (Wildman–Crippen MR) is 145 cm³/mol. The number of rotatable bonds is 7. The molecule has 0 fully saturated rings. The summed E-state index contributed by atoms with van der Waals surface area (Å²) in [6.07, 6.45) is 3.09. The fourth-order valence-electron chi connectivity index (χ4n) is 4.36. The number of aromatic nitrogens is 1. The van der Waals surface area contributed by atoms with Gasteiger partial charge in [-0.05, 0) is 55.0 Å². The van der Waals surface area contributed by atoms with Gasteiger partial charge in [0.25, 0.3) is 5.56 Å². The molecule has 11 heteroatoms. The highest BCUT2D eigenvalue weighted by atomic mass is 32.1. The van der Waals surface area contributed by atoms with Crippen LogP contribution in [0.25, 0.3) is 6.08 Å². The first-order chi connectivity index (χ1) is 19.3. The summed E-state index contributed by atoms with van der Waals surface area (Å²) in [5, 5.41) is 0. The first kappa shape index (κ1) is 26.7. The molecular formula is C29H24N2O8S. The lowest BCUT2D eigenvalue weighted by molar-refractivity contribution is -0.136. The van der Waals surface area contributed by atoms with E-state index in [0.29, 0.717) is 37.7 Å². The number of methoxy groups -OCH3 is 3. The van der Waals surface area contributed by atoms with Crippen LogP contribution in [-0.2, 0) is 9.53 Å². The highest BCUT2D eigenvalue weighted by Crippen LogP contribution is 2.32. The first-order valence-corrected chi connectivity index (χ1v) is 12.8. The Bertz CT molecular complexity index is 1800. The first-order valence-electron chi connectivity index (χ1n) is 12.0. The van der Waals surface area contributed by atoms with Gasteiger partial charge < -0.3 is 23.4 Å². The third-order valence-electron chi connectivity index (χ3n) is 6.28. The maximum atomic E-state index is 13.8. The van der Waals surface area contributed by atoms with Gasteiger partial charge in [0.15, 0.2) is 4.80 Å². The molecule has 0 saturated carbocycles. The smallest absolute Gasteiger partial charge is 0.379 e. The lowest BCUT2D eigenvalue weighted by atomic mass is 9.96. The molecule has 2 aromatic carbocycles. The summed E-state index contributed by atoms with van der Waals surface area (Å²) >= 11 is 1.19. The Kier molecular flexibility index (Phi) is 7.39. The van der Waals surface area contributed by atoms with E-state index < -0.39 is 18.0 Å². The molecule has 0 radical (unpaired) electrons. The average Bonchev–Trinajstić information content (AvgIpc) is 3.61. The Labute approximate surface area is 232 Å². The number of fused-ring (bicyclic) bond motifs is 1. The van der Waals surface area contributed by atoms with Crippen LogP contribution in [0, 0.1) is 0 Å². The number of allylic oxidation sites excluding steroid dienone is 1. The van der Waals surface area contributed by atoms with E-state index in [0.717, 1.165) is 0 Å². The topological polar surface area (TPSA) is 119 Å². The minimum atomic E-state index is -0.821. The molecular weight excluding hydrogens is 536 g/mol. The lowest BCUT2D eigenvalue weighted by Crippen LogP contribution is -2.39. The quantitative estimate of drug-likeness (QED) is 0.250. The van der Waals surface area contributed by atoms with Gasteiger partial charge in [-0.25, -0.2) is 14.6 Å². The zero-order chi connectivity index (χ0) is 28.4. The van der Waals surface area contributed by atoms with E-state index in [-0.39, 0.29) is 22.6 Å². The minimum Gasteiger partial charge on any atom is -0.497 e. The third-order valence-corrected chi connectivity index (χ3v) is 7.27. The molecule has 1 aliphatic rings. The SMILES string of the molecule is COC(=O)C1=C(C)N=c2s/c(=C/c3ccc(OC)cc3OC)c(=O)n2[C@@H]1c1ccc(OC(=O)c2ccco2)cc1. The van der Waals surface area contributed by atoms with Crippen LogP contribution < -0.4 is 29.1 Å². The number of hydrogen-bond acceptors (Lipinski definition) is 10. The van der Waals surface area contributed by atoms with Crippen molar-refractivity contribution < 1.29 is 33.0 Å². The highest BCUT2D eigenvalue weighted by molar-refractivity contribution is 7.07. The summed E-state index contributed by atoms with van der Waals surface area (Å²) in [5.74, 6) is 0.233. The highest BCUT2D eigenvalue weighted by Gasteiger charge is 2.33. The normalized spacial score (nSPS) is 14.8. The Morgan fingerprint density at radius 2 is 1.75 bits per heavy atom. The molecule has 0 unspecified atom stereocenters. The van der Waals surface area contributed by atoms with Crippen molar-refractivity contribution in [1.29, 1.82) is 0 Å². The summed E-state index contributed by atoms with van der Waals surface area (Å²) in [5.41, 5.74) is 1.59. The van der Waals surface area contributed by atoms with Gasteiger partial charge in [-0.1, -0.05) is 23.5 Å². The van der Waals surface area contributed by atoms with E-state index in [2.05, 4.69) is 4.99 Å². The van der Waals surface area contributed by atoms with Gasteiger partial charge in [0.1, 0.15) is 17.2 Å². The second-order valence-electron chi connectivity index (χ2n) is 8.62. The van der Waals surface area contributed by atoms with Crippen LogP contribution in [0.2, 0.25) is 0 Å². The zero-order valence-corrected chi connectivity index (χ0v) is 22.8. The van der Waals surface area contributed by atoms with Gasteiger partial charge in [-0.15, -0.1) is 0 Å². The Hall–Kier alpha value is -4.90. The molecule has 0 amide bonds. The van der Waals surface area contributed by atoms with Crippen LogP contribution in [0.3, 0.4) is 0 Å². The van der Waals surface area contributed by atoms with Gasteiger partial charge in [0.2, 0.25) is 5.76 Å². The fourth-order valence-corrected chi connectivity index (χ4v) is 5.39. The van der Waals surface area contributed by atoms with Gasteiger partial charge in [0, 0.05) is 11.6 Å². The van der Waals surface area contributed by atoms with Crippen LogP contribution in [0.5, 0.6) is 17.2 Å². The van der Waals surface area contributed by atoms with Crippen molar-refractivity contribution in [2.24, 2.45) is 4.99 Å². The number of carbonyl (C=O) groups excluding carboxylic acids is 2. The number of hydrogen-bond donors (Lipinski definition) is 0. The third kappa shape index (κ3) is 4.94. The second kappa shape index (κ2) is 11.1. The largest absolute Gasteiger partial charge is 0.497 e. The molecule has 5 rings (SSSR count). The average molecular weight is 561 g/mol. The molecule has 1 atom stereocenters. The van der Waals surface area contributed by atoms with Gasteiger partial charge >= 0.3 is 11.9 Å². The molecule has 0 aliphatic carbocycles. The van der Waals surface area contributed by atoms with E-state index in [1.165, 1.54) is 42.5 Å². The monoisotopic (exact) mass is 560 g/mol. The molecule has 10 nitrogen and oxygen atoms in total. The van der Waals surface area contributed by atoms with Crippen molar-refractivity contribution in [3.05, 3.63) is 109 Å². The van der Waals surface area contributed by atoms with E-state index in [4.69, 9.17) is 23.4 Å². The number of furan rings is 1. The van der Waals surface area contributed by atoms with Crippen LogP contribution >= 0.6 is 11.3 Å². The second-order valence-corrected chi connectivity index (χ2v) is 9.63. The van der Waals surface area contributed by atoms with Crippen molar-refractivity contribution in [2.75, 3.05) is 21.3 Å². The van der Waals surface area contributed by atoms with E-state index in [1.54, 1.807) is 68.6 Å². The molecule has 1 aliphatic heterocycles. The van der Waals surface area contributed by atoms with Crippen molar-refractivity contribution in [3.63, 3.8) is 0 Å². The molecule has 40 heavy (non-hydrogen) atoms. The van der Waals surface area contributed by atoms with Crippen molar-refractivity contribution in [2.45, 2.75) is 13.0 Å². The minimum absolute atomic E-state index is 0.0660. The summed E-state index contributed by atoms with van der Waals surface area (Å²) in [6.45, 7) is 1.70. The number of benzene rings is 2. The molecule has 0 saturated heterocycles. The number of thiazole rings is 1. The molecule has 0 spiro atoms. The van der Waals surface area contributed by atoms with Crippen molar-refractivity contribution in [3.8, 4) is 17.2 Å². The van der Waals surface area contributed by atoms with Crippen molar-refractivity contribution >= 4 is 29.4 Å². The molecule has 2 aromatic heterocycles. The maximum absolute atomic E-state index is 13.8. The van der Waals surface area contributed by atoms with Crippen molar-refractivity contribution in [1.82, 2.24) is 4.57 Å². The standard InChI is InChI=1S/C29H24N2O8S/c1-16-24(28(34)37-4)25(17-7-10-19(11-8-17)39-27(33)21-6-5-13-38-21)31-26(32)23(40-29(31)30-16)14-18-9-12-20(35-2)15-22(18)36-3/h5-15,25H,1-4H3/b23-14+/t25-/m1/s1. The van der Waals surface area contributed by atoms with Gasteiger partial charge in [-0.2, -0.15) is 0 Å². The molecule has 0 bridgehead atoms. The number of nitrogens with zero attached hydrogens (tertiary/aromatic N) is 2. The Balaban J connectivity index is 1.60. The lowest BCUT2D eigenvalue weighted by Gasteiger charge is -2.24. The Morgan fingerprint density at radius 3 is 2.40 bits per heavy atom. The van der Waals surface area contributed by atoms with Gasteiger partial charge in [0.05, 0.1) is 49.4 Å². The molecule has 0 N–H and O–H groups in total. The van der Waals surface area contributed by atoms with E-state index >= 15 is 0 Å². The molecule has 3 heterocycles. The summed E-state index contributed by atoms with van der Waals surface area (Å²) in [7, 11) is 4.37. The number of esters is 2. The summed E-state index contributed by atoms with van der Waals surface area (Å²) in [6, 6.07) is 14.1. The number of ether oxygens (including phenoxy) is 4. The van der Waals surface area contributed by atoms with Crippen LogP contribution in [0.1, 0.15) is 34.6 Å². The molecule has 4 aromatic rings.